The van der Waals surface area contributed by atoms with Crippen molar-refractivity contribution < 1.29 is 19.1 Å². The van der Waals surface area contributed by atoms with Crippen molar-refractivity contribution in [1.29, 1.82) is 0 Å². The minimum absolute atomic E-state index is 0.0394. The predicted octanol–water partition coefficient (Wildman–Crippen LogP) is 6.19. The molecule has 4 saturated carbocycles. The van der Waals surface area contributed by atoms with Crippen molar-refractivity contribution in [2.45, 2.75) is 70.5 Å². The second-order valence-electron chi connectivity index (χ2n) is 14.2. The third-order valence-corrected chi connectivity index (χ3v) is 11.6. The van der Waals surface area contributed by atoms with Crippen molar-refractivity contribution in [1.82, 2.24) is 10.6 Å². The number of benzene rings is 3. The van der Waals surface area contributed by atoms with Crippen LogP contribution in [0.4, 0.5) is 11.4 Å². The van der Waals surface area contributed by atoms with Gasteiger partial charge in [0.2, 0.25) is 11.8 Å². The third kappa shape index (κ3) is 5.70. The SMILES string of the molecule is CNC(C)C(=O)NC1CN(C(=O)CC23CC4CC(CC(C4)C2)C3)c2ccccc2N(Cc2c(OC)ccc3cc(Br)ccc23)C1=O. The number of rotatable bonds is 8. The lowest BCUT2D eigenvalue weighted by atomic mass is 9.49. The first-order valence-electron chi connectivity index (χ1n) is 16.6. The summed E-state index contributed by atoms with van der Waals surface area (Å²) in [6, 6.07) is 16.2. The van der Waals surface area contributed by atoms with E-state index < -0.39 is 12.1 Å². The summed E-state index contributed by atoms with van der Waals surface area (Å²) in [5, 5.41) is 7.96. The molecule has 2 unspecified atom stereocenters. The van der Waals surface area contributed by atoms with Gasteiger partial charge in [-0.3, -0.25) is 14.4 Å². The molecule has 3 amide bonds. The zero-order valence-electron chi connectivity index (χ0n) is 26.9. The minimum Gasteiger partial charge on any atom is -0.496 e. The number of anilines is 2. The maximum Gasteiger partial charge on any atom is 0.251 e. The van der Waals surface area contributed by atoms with E-state index in [0.717, 1.165) is 57.8 Å². The lowest BCUT2D eigenvalue weighted by molar-refractivity contribution is -0.129. The average molecular weight is 688 g/mol. The fraction of sp³-hybridized carbons (Fsp3) is 0.486. The van der Waals surface area contributed by atoms with Crippen LogP contribution in [0, 0.1) is 23.2 Å². The van der Waals surface area contributed by atoms with E-state index in [4.69, 9.17) is 4.74 Å². The molecule has 242 valence electrons. The highest BCUT2D eigenvalue weighted by Crippen LogP contribution is 2.61. The zero-order valence-corrected chi connectivity index (χ0v) is 28.4. The Bertz CT molecular complexity index is 1660. The lowest BCUT2D eigenvalue weighted by Crippen LogP contribution is -2.56. The zero-order chi connectivity index (χ0) is 32.2. The topological polar surface area (TPSA) is 91.0 Å². The van der Waals surface area contributed by atoms with Gasteiger partial charge in [0.15, 0.2) is 0 Å². The van der Waals surface area contributed by atoms with Crippen LogP contribution in [0.25, 0.3) is 10.8 Å². The summed E-state index contributed by atoms with van der Waals surface area (Å²) in [6.07, 6.45) is 7.81. The Hall–Kier alpha value is -3.43. The molecule has 3 aromatic rings. The standard InChI is InChI=1S/C37H43BrN4O4/c1-22(39-2)35(44)40-30-21-41(34(43)19-37-16-23-12-24(17-37)14-25(13-23)18-37)31-6-4-5-7-32(31)42(36(30)45)20-29-28-10-9-27(38)15-26(28)8-11-33(29)46-3/h4-11,15,22-25,30,39H,12-14,16-21H2,1-3H3,(H,40,44). The van der Waals surface area contributed by atoms with Crippen LogP contribution in [-0.4, -0.2) is 50.5 Å². The smallest absolute Gasteiger partial charge is 0.251 e. The van der Waals surface area contributed by atoms with Crippen molar-refractivity contribution in [2.75, 3.05) is 30.5 Å². The number of carbonyl (C=O) groups excluding carboxylic acids is 3. The number of carbonyl (C=O) groups is 3. The Morgan fingerprint density at radius 3 is 2.33 bits per heavy atom. The van der Waals surface area contributed by atoms with E-state index in [1.165, 1.54) is 19.3 Å². The van der Waals surface area contributed by atoms with Crippen LogP contribution >= 0.6 is 15.9 Å². The number of methoxy groups -OCH3 is 1. The van der Waals surface area contributed by atoms with Gasteiger partial charge in [0.05, 0.1) is 37.6 Å². The fourth-order valence-corrected chi connectivity index (χ4v) is 9.68. The van der Waals surface area contributed by atoms with Crippen LogP contribution in [0.15, 0.2) is 59.1 Å². The molecule has 0 radical (unpaired) electrons. The summed E-state index contributed by atoms with van der Waals surface area (Å²) in [7, 11) is 3.35. The van der Waals surface area contributed by atoms with Crippen molar-refractivity contribution in [3.05, 3.63) is 64.6 Å². The highest BCUT2D eigenvalue weighted by molar-refractivity contribution is 9.10. The van der Waals surface area contributed by atoms with Gasteiger partial charge < -0.3 is 25.2 Å². The molecule has 4 fully saturated rings. The number of fused-ring (bicyclic) bond motifs is 2. The average Bonchev–Trinajstić information content (AvgIpc) is 3.14. The molecular formula is C37H43BrN4O4. The molecule has 2 atom stereocenters. The first-order chi connectivity index (χ1) is 22.2. The molecule has 2 N–H and O–H groups in total. The second-order valence-corrected chi connectivity index (χ2v) is 15.1. The van der Waals surface area contributed by atoms with Crippen LogP contribution in [0.2, 0.25) is 0 Å². The van der Waals surface area contributed by atoms with Crippen molar-refractivity contribution in [3.8, 4) is 5.75 Å². The van der Waals surface area contributed by atoms with Crippen LogP contribution in [0.5, 0.6) is 5.75 Å². The molecule has 4 bridgehead atoms. The Morgan fingerprint density at radius 1 is 1.00 bits per heavy atom. The summed E-state index contributed by atoms with van der Waals surface area (Å²) in [6.45, 7) is 2.06. The largest absolute Gasteiger partial charge is 0.496 e. The van der Waals surface area contributed by atoms with E-state index >= 15 is 0 Å². The molecule has 0 saturated heterocycles. The third-order valence-electron chi connectivity index (χ3n) is 11.1. The summed E-state index contributed by atoms with van der Waals surface area (Å²) < 4.78 is 6.78. The Balaban J connectivity index is 1.29. The summed E-state index contributed by atoms with van der Waals surface area (Å²) in [4.78, 5) is 45.9. The summed E-state index contributed by atoms with van der Waals surface area (Å²) in [5.41, 5.74) is 2.25. The normalized spacial score (nSPS) is 27.3. The number of nitrogens with zero attached hydrogens (tertiary/aromatic N) is 2. The molecule has 4 aliphatic carbocycles. The van der Waals surface area contributed by atoms with Crippen LogP contribution in [0.1, 0.15) is 57.4 Å². The van der Waals surface area contributed by atoms with Crippen molar-refractivity contribution >= 4 is 55.8 Å². The van der Waals surface area contributed by atoms with Gasteiger partial charge in [-0.2, -0.15) is 0 Å². The van der Waals surface area contributed by atoms with E-state index in [-0.39, 0.29) is 36.2 Å². The maximum atomic E-state index is 14.6. The maximum absolute atomic E-state index is 14.6. The van der Waals surface area contributed by atoms with Crippen molar-refractivity contribution in [3.63, 3.8) is 0 Å². The van der Waals surface area contributed by atoms with E-state index in [1.54, 1.807) is 30.9 Å². The highest BCUT2D eigenvalue weighted by atomic mass is 79.9. The van der Waals surface area contributed by atoms with Gasteiger partial charge >= 0.3 is 0 Å². The number of hydrogen-bond donors (Lipinski definition) is 2. The van der Waals surface area contributed by atoms with Gasteiger partial charge in [-0.1, -0.05) is 40.2 Å². The van der Waals surface area contributed by atoms with Gasteiger partial charge in [0.25, 0.3) is 5.91 Å². The van der Waals surface area contributed by atoms with E-state index in [2.05, 4.69) is 26.6 Å². The van der Waals surface area contributed by atoms with Gasteiger partial charge in [0.1, 0.15) is 11.8 Å². The number of hydrogen-bond acceptors (Lipinski definition) is 5. The summed E-state index contributed by atoms with van der Waals surface area (Å²) in [5.74, 6) is 2.37. The predicted molar refractivity (Wildman–Crippen MR) is 184 cm³/mol. The quantitative estimate of drug-likeness (QED) is 0.295. The number of nitrogens with one attached hydrogen (secondary N) is 2. The van der Waals surface area contributed by atoms with Gasteiger partial charge in [-0.25, -0.2) is 0 Å². The molecule has 0 aromatic heterocycles. The number of likely N-dealkylation sites (N-methyl/N-ethyl adjacent to an activating group) is 1. The molecule has 5 aliphatic rings. The molecule has 1 heterocycles. The Morgan fingerprint density at radius 2 is 1.67 bits per heavy atom. The van der Waals surface area contributed by atoms with Crippen LogP contribution < -0.4 is 25.2 Å². The van der Waals surface area contributed by atoms with Crippen molar-refractivity contribution in [2.24, 2.45) is 23.2 Å². The first kappa shape index (κ1) is 31.2. The van der Waals surface area contributed by atoms with Crippen LogP contribution in [0.3, 0.4) is 0 Å². The first-order valence-corrected chi connectivity index (χ1v) is 17.4. The molecular weight excluding hydrogens is 644 g/mol. The van der Waals surface area contributed by atoms with E-state index in [0.29, 0.717) is 23.5 Å². The number of amides is 3. The molecule has 0 spiro atoms. The highest BCUT2D eigenvalue weighted by Gasteiger charge is 2.52. The van der Waals surface area contributed by atoms with Gasteiger partial charge in [-0.05, 0) is 117 Å². The molecule has 1 aliphatic heterocycles. The molecule has 8 nitrogen and oxygen atoms in total. The number of ether oxygens (including phenoxy) is 1. The molecule has 8 rings (SSSR count). The molecule has 46 heavy (non-hydrogen) atoms. The van der Waals surface area contributed by atoms with Gasteiger partial charge in [0, 0.05) is 16.5 Å². The Labute approximate surface area is 279 Å². The van der Waals surface area contributed by atoms with Crippen LogP contribution in [-0.2, 0) is 20.9 Å². The number of halogens is 1. The monoisotopic (exact) mass is 686 g/mol. The molecule has 9 heteroatoms. The molecule has 3 aromatic carbocycles. The Kier molecular flexibility index (Phi) is 8.34. The second kappa shape index (κ2) is 12.3. The van der Waals surface area contributed by atoms with Gasteiger partial charge in [-0.15, -0.1) is 0 Å². The van der Waals surface area contributed by atoms with E-state index in [9.17, 15) is 14.4 Å². The lowest BCUT2D eigenvalue weighted by Gasteiger charge is -2.57. The van der Waals surface area contributed by atoms with E-state index in [1.807, 2.05) is 54.6 Å². The fourth-order valence-electron chi connectivity index (χ4n) is 9.30. The number of para-hydroxylation sites is 2. The summed E-state index contributed by atoms with van der Waals surface area (Å²) >= 11 is 3.58. The minimum atomic E-state index is -0.925.